The number of anilines is 2. The Labute approximate surface area is 173 Å². The molecule has 0 radical (unpaired) electrons. The highest BCUT2D eigenvalue weighted by molar-refractivity contribution is 8.00. The zero-order chi connectivity index (χ0) is 20.6. The molecule has 156 valence electrons. The number of halogens is 3. The van der Waals surface area contributed by atoms with Crippen LogP contribution >= 0.6 is 11.8 Å². The Kier molecular flexibility index (Phi) is 5.42. The number of nitrogens with one attached hydrogen (secondary N) is 1. The van der Waals surface area contributed by atoms with Crippen LogP contribution in [0.3, 0.4) is 0 Å². The summed E-state index contributed by atoms with van der Waals surface area (Å²) in [7, 11) is 0. The van der Waals surface area contributed by atoms with Crippen LogP contribution in [-0.4, -0.2) is 40.2 Å². The van der Waals surface area contributed by atoms with Crippen LogP contribution in [0.15, 0.2) is 47.5 Å². The highest BCUT2D eigenvalue weighted by Crippen LogP contribution is 2.48. The number of thioether (sulfide) groups is 1. The van der Waals surface area contributed by atoms with Gasteiger partial charge in [0.2, 0.25) is 0 Å². The van der Waals surface area contributed by atoms with Crippen molar-refractivity contribution in [1.29, 1.82) is 0 Å². The largest absolute Gasteiger partial charge is 0.446 e. The average molecular weight is 423 g/mol. The summed E-state index contributed by atoms with van der Waals surface area (Å²) in [5, 5.41) is 3.34. The van der Waals surface area contributed by atoms with Crippen LogP contribution in [0.1, 0.15) is 32.3 Å². The lowest BCUT2D eigenvalue weighted by atomic mass is 10.2. The Morgan fingerprint density at radius 1 is 1.17 bits per heavy atom. The molecular weight excluding hydrogens is 397 g/mol. The lowest BCUT2D eigenvalue weighted by molar-refractivity contribution is -0.0328. The maximum Gasteiger partial charge on any atom is 0.446 e. The van der Waals surface area contributed by atoms with Crippen molar-refractivity contribution in [3.05, 3.63) is 48.2 Å². The van der Waals surface area contributed by atoms with Gasteiger partial charge >= 0.3 is 5.51 Å². The molecule has 1 saturated carbocycles. The third-order valence-corrected chi connectivity index (χ3v) is 6.13. The number of pyridine rings is 1. The predicted octanol–water partition coefficient (Wildman–Crippen LogP) is 5.33. The number of alkyl halides is 3. The fourth-order valence-corrected chi connectivity index (χ4v) is 4.44. The Morgan fingerprint density at radius 3 is 2.52 bits per heavy atom. The van der Waals surface area contributed by atoms with Crippen LogP contribution in [0.5, 0.6) is 0 Å². The molecule has 2 aromatic rings. The molecule has 1 aliphatic carbocycles. The minimum absolute atomic E-state index is 0.0690. The van der Waals surface area contributed by atoms with E-state index in [2.05, 4.69) is 40.0 Å². The molecule has 0 unspecified atom stereocenters. The van der Waals surface area contributed by atoms with Crippen molar-refractivity contribution in [2.24, 2.45) is 0 Å². The molecule has 0 amide bonds. The quantitative estimate of drug-likeness (QED) is 0.637. The molecule has 4 nitrogen and oxygen atoms in total. The molecule has 0 bridgehead atoms. The first-order chi connectivity index (χ1) is 13.7. The molecular formula is C21H25F3N4S. The van der Waals surface area contributed by atoms with Crippen LogP contribution < -0.4 is 10.2 Å². The van der Waals surface area contributed by atoms with Crippen LogP contribution in [0, 0.1) is 0 Å². The van der Waals surface area contributed by atoms with Gasteiger partial charge in [-0.2, -0.15) is 13.2 Å². The lowest BCUT2D eigenvalue weighted by Crippen LogP contribution is -2.32. The minimum atomic E-state index is -4.25. The third-order valence-electron chi connectivity index (χ3n) is 5.39. The highest BCUT2D eigenvalue weighted by atomic mass is 32.2. The summed E-state index contributed by atoms with van der Waals surface area (Å²) >= 11 is -0.0690. The van der Waals surface area contributed by atoms with E-state index in [1.165, 1.54) is 5.56 Å². The zero-order valence-corrected chi connectivity index (χ0v) is 17.4. The van der Waals surface area contributed by atoms with Gasteiger partial charge in [-0.05, 0) is 80.4 Å². The normalized spacial score (nSPS) is 18.6. The molecule has 2 heterocycles. The maximum absolute atomic E-state index is 12.5. The second-order valence-electron chi connectivity index (χ2n) is 8.15. The van der Waals surface area contributed by atoms with E-state index in [-0.39, 0.29) is 22.2 Å². The van der Waals surface area contributed by atoms with E-state index < -0.39 is 5.51 Å². The first kappa shape index (κ1) is 20.3. The average Bonchev–Trinajstić information content (AvgIpc) is 3.31. The van der Waals surface area contributed by atoms with Crippen molar-refractivity contribution >= 4 is 23.3 Å². The zero-order valence-electron chi connectivity index (χ0n) is 16.5. The van der Waals surface area contributed by atoms with Crippen LogP contribution in [0.2, 0.25) is 0 Å². The molecule has 1 spiro atoms. The summed E-state index contributed by atoms with van der Waals surface area (Å²) in [4.78, 5) is 9.36. The van der Waals surface area contributed by atoms with Gasteiger partial charge in [-0.15, -0.1) is 0 Å². The maximum atomic E-state index is 12.5. The van der Waals surface area contributed by atoms with Crippen molar-refractivity contribution in [3.63, 3.8) is 0 Å². The molecule has 2 fully saturated rings. The van der Waals surface area contributed by atoms with Crippen LogP contribution in [-0.2, 0) is 6.54 Å². The molecule has 1 aromatic heterocycles. The SMILES string of the molecule is CC(C)Nc1cc(CN2CN(c3ccc(SC(F)(F)F)cc3)CC23CC3)ccn1. The van der Waals surface area contributed by atoms with Crippen molar-refractivity contribution in [3.8, 4) is 0 Å². The van der Waals surface area contributed by atoms with E-state index in [4.69, 9.17) is 0 Å². The van der Waals surface area contributed by atoms with Gasteiger partial charge in [-0.3, -0.25) is 4.90 Å². The molecule has 2 aliphatic rings. The number of aromatic nitrogens is 1. The second-order valence-corrected chi connectivity index (χ2v) is 9.29. The highest BCUT2D eigenvalue weighted by Gasteiger charge is 2.53. The van der Waals surface area contributed by atoms with Crippen molar-refractivity contribution in [1.82, 2.24) is 9.88 Å². The predicted molar refractivity (Wildman–Crippen MR) is 111 cm³/mol. The van der Waals surface area contributed by atoms with Crippen molar-refractivity contribution < 1.29 is 13.2 Å². The van der Waals surface area contributed by atoms with E-state index in [1.54, 1.807) is 24.3 Å². The Hall–Kier alpha value is -1.93. The van der Waals surface area contributed by atoms with Crippen LogP contribution in [0.4, 0.5) is 24.7 Å². The molecule has 8 heteroatoms. The molecule has 1 saturated heterocycles. The standard InChI is InChI=1S/C21H25F3N4S/c1-15(2)26-19-11-16(7-10-25-19)12-28-14-27(13-20(28)8-9-20)17-3-5-18(6-4-17)29-21(22,23)24/h3-7,10-11,15H,8-9,12-14H2,1-2H3,(H,25,26). The summed E-state index contributed by atoms with van der Waals surface area (Å²) in [6.45, 7) is 6.71. The molecule has 29 heavy (non-hydrogen) atoms. The topological polar surface area (TPSA) is 31.4 Å². The molecule has 1 N–H and O–H groups in total. The number of rotatable bonds is 6. The smallest absolute Gasteiger partial charge is 0.368 e. The lowest BCUT2D eigenvalue weighted by Gasteiger charge is -2.23. The summed E-state index contributed by atoms with van der Waals surface area (Å²) < 4.78 is 37.6. The summed E-state index contributed by atoms with van der Waals surface area (Å²) in [6, 6.07) is 11.2. The van der Waals surface area contributed by atoms with E-state index in [9.17, 15) is 13.2 Å². The first-order valence-electron chi connectivity index (χ1n) is 9.80. The minimum Gasteiger partial charge on any atom is -0.368 e. The van der Waals surface area contributed by atoms with E-state index in [1.807, 2.05) is 12.3 Å². The number of benzene rings is 1. The van der Waals surface area contributed by atoms with Gasteiger partial charge in [0.1, 0.15) is 5.82 Å². The summed E-state index contributed by atoms with van der Waals surface area (Å²) in [5.74, 6) is 0.885. The number of hydrogen-bond acceptors (Lipinski definition) is 5. The van der Waals surface area contributed by atoms with Gasteiger partial charge < -0.3 is 10.2 Å². The monoisotopic (exact) mass is 422 g/mol. The van der Waals surface area contributed by atoms with E-state index in [0.29, 0.717) is 6.04 Å². The van der Waals surface area contributed by atoms with Gasteiger partial charge in [-0.1, -0.05) is 0 Å². The van der Waals surface area contributed by atoms with Crippen molar-refractivity contribution in [2.75, 3.05) is 23.4 Å². The van der Waals surface area contributed by atoms with Gasteiger partial charge in [0, 0.05) is 41.4 Å². The fourth-order valence-electron chi connectivity index (χ4n) is 3.90. The fraction of sp³-hybridized carbons (Fsp3) is 0.476. The first-order valence-corrected chi connectivity index (χ1v) is 10.6. The molecule has 1 aromatic carbocycles. The Balaban J connectivity index is 1.44. The summed E-state index contributed by atoms with van der Waals surface area (Å²) in [5.41, 5.74) is -1.87. The molecule has 4 rings (SSSR count). The Bertz CT molecular complexity index is 850. The van der Waals surface area contributed by atoms with E-state index >= 15 is 0 Å². The van der Waals surface area contributed by atoms with Gasteiger partial charge in [0.15, 0.2) is 0 Å². The summed E-state index contributed by atoms with van der Waals surface area (Å²) in [6.07, 6.45) is 4.16. The van der Waals surface area contributed by atoms with Crippen molar-refractivity contribution in [2.45, 2.75) is 55.2 Å². The van der Waals surface area contributed by atoms with E-state index in [0.717, 1.165) is 44.1 Å². The number of hydrogen-bond donors (Lipinski definition) is 1. The molecule has 0 atom stereocenters. The van der Waals surface area contributed by atoms with Gasteiger partial charge in [0.05, 0.1) is 6.67 Å². The second kappa shape index (κ2) is 7.72. The Morgan fingerprint density at radius 2 is 1.90 bits per heavy atom. The third kappa shape index (κ3) is 4.98. The van der Waals surface area contributed by atoms with Crippen LogP contribution in [0.25, 0.3) is 0 Å². The van der Waals surface area contributed by atoms with Gasteiger partial charge in [-0.25, -0.2) is 4.98 Å². The number of nitrogens with zero attached hydrogens (tertiary/aromatic N) is 3. The van der Waals surface area contributed by atoms with Gasteiger partial charge in [0.25, 0.3) is 0 Å². The molecule has 1 aliphatic heterocycles.